The number of rotatable bonds is 3. The molecule has 0 radical (unpaired) electrons. The Morgan fingerprint density at radius 1 is 1.17 bits per heavy atom. The number of nitrogens with one attached hydrogen (secondary N) is 3. The Balaban J connectivity index is 1.90. The number of thiophene rings is 1. The lowest BCUT2D eigenvalue weighted by Crippen LogP contribution is -2.45. The molecule has 3 N–H and O–H groups in total. The summed E-state index contributed by atoms with van der Waals surface area (Å²) in [6.45, 7) is 3.73. The van der Waals surface area contributed by atoms with E-state index in [0.717, 1.165) is 16.1 Å². The zero-order valence-corrected chi connectivity index (χ0v) is 13.7. The van der Waals surface area contributed by atoms with Gasteiger partial charge in [-0.15, -0.1) is 11.3 Å². The van der Waals surface area contributed by atoms with Gasteiger partial charge in [0, 0.05) is 16.3 Å². The molecule has 1 aromatic heterocycles. The molecule has 23 heavy (non-hydrogen) atoms. The molecule has 3 rings (SSSR count). The SMILES string of the molecule is CC1=C(C(=O)Nc2ccc(C)cc2)C(c2cccs2)NC(=O)N1. The molecular weight excluding hydrogens is 310 g/mol. The molecule has 3 amide bonds. The zero-order chi connectivity index (χ0) is 16.4. The number of anilines is 1. The van der Waals surface area contributed by atoms with Crippen LogP contribution in [0.25, 0.3) is 0 Å². The van der Waals surface area contributed by atoms with Gasteiger partial charge < -0.3 is 16.0 Å². The Bertz CT molecular complexity index is 764. The molecule has 0 bridgehead atoms. The predicted molar refractivity (Wildman–Crippen MR) is 91.2 cm³/mol. The topological polar surface area (TPSA) is 70.2 Å². The fourth-order valence-electron chi connectivity index (χ4n) is 2.50. The van der Waals surface area contributed by atoms with Gasteiger partial charge in [0.2, 0.25) is 0 Å². The fourth-order valence-corrected chi connectivity index (χ4v) is 3.28. The molecule has 0 spiro atoms. The quantitative estimate of drug-likeness (QED) is 0.809. The molecule has 0 saturated carbocycles. The van der Waals surface area contributed by atoms with Crippen LogP contribution in [0.2, 0.25) is 0 Å². The van der Waals surface area contributed by atoms with Crippen LogP contribution < -0.4 is 16.0 Å². The molecule has 2 heterocycles. The van der Waals surface area contributed by atoms with E-state index in [9.17, 15) is 9.59 Å². The summed E-state index contributed by atoms with van der Waals surface area (Å²) in [7, 11) is 0. The summed E-state index contributed by atoms with van der Waals surface area (Å²) in [5.41, 5.74) is 2.94. The Kier molecular flexibility index (Phi) is 4.16. The van der Waals surface area contributed by atoms with Crippen molar-refractivity contribution in [3.63, 3.8) is 0 Å². The van der Waals surface area contributed by atoms with Crippen molar-refractivity contribution < 1.29 is 9.59 Å². The summed E-state index contributed by atoms with van der Waals surface area (Å²) in [6, 6.07) is 10.7. The third-order valence-corrected chi connectivity index (χ3v) is 4.59. The molecular formula is C17H17N3O2S. The van der Waals surface area contributed by atoms with Gasteiger partial charge in [-0.3, -0.25) is 4.79 Å². The number of hydrogen-bond donors (Lipinski definition) is 3. The van der Waals surface area contributed by atoms with Crippen LogP contribution in [0.15, 0.2) is 53.0 Å². The van der Waals surface area contributed by atoms with Gasteiger partial charge in [-0.1, -0.05) is 23.8 Å². The number of carbonyl (C=O) groups excluding carboxylic acids is 2. The van der Waals surface area contributed by atoms with Gasteiger partial charge in [0.1, 0.15) is 0 Å². The van der Waals surface area contributed by atoms with E-state index in [1.807, 2.05) is 48.7 Å². The van der Waals surface area contributed by atoms with E-state index in [-0.39, 0.29) is 11.9 Å². The second-order valence-electron chi connectivity index (χ2n) is 5.41. The highest BCUT2D eigenvalue weighted by Crippen LogP contribution is 2.30. The second kappa shape index (κ2) is 6.26. The fraction of sp³-hybridized carbons (Fsp3) is 0.176. The second-order valence-corrected chi connectivity index (χ2v) is 6.38. The van der Waals surface area contributed by atoms with E-state index in [1.165, 1.54) is 11.3 Å². The third kappa shape index (κ3) is 3.27. The molecule has 2 aromatic rings. The van der Waals surface area contributed by atoms with Crippen molar-refractivity contribution in [2.75, 3.05) is 5.32 Å². The van der Waals surface area contributed by atoms with Crippen molar-refractivity contribution in [1.29, 1.82) is 0 Å². The van der Waals surface area contributed by atoms with Crippen LogP contribution >= 0.6 is 11.3 Å². The van der Waals surface area contributed by atoms with Crippen LogP contribution in [-0.2, 0) is 4.79 Å². The van der Waals surface area contributed by atoms with Gasteiger partial charge in [0.05, 0.1) is 11.6 Å². The average Bonchev–Trinajstić information content (AvgIpc) is 3.03. The van der Waals surface area contributed by atoms with Gasteiger partial charge >= 0.3 is 6.03 Å². The number of amides is 3. The van der Waals surface area contributed by atoms with E-state index >= 15 is 0 Å². The molecule has 0 aliphatic carbocycles. The first-order valence-electron chi connectivity index (χ1n) is 7.24. The van der Waals surface area contributed by atoms with Crippen LogP contribution in [0.4, 0.5) is 10.5 Å². The maximum Gasteiger partial charge on any atom is 0.319 e. The third-order valence-electron chi connectivity index (χ3n) is 3.65. The number of allylic oxidation sites excluding steroid dienone is 1. The number of carbonyl (C=O) groups is 2. The molecule has 0 fully saturated rings. The number of benzene rings is 1. The Morgan fingerprint density at radius 2 is 1.91 bits per heavy atom. The van der Waals surface area contributed by atoms with Gasteiger partial charge in [-0.05, 0) is 37.4 Å². The highest BCUT2D eigenvalue weighted by Gasteiger charge is 2.31. The van der Waals surface area contributed by atoms with Gasteiger partial charge in [-0.2, -0.15) is 0 Å². The Labute approximate surface area is 138 Å². The molecule has 1 aliphatic rings. The lowest BCUT2D eigenvalue weighted by atomic mass is 10.0. The molecule has 1 unspecified atom stereocenters. The number of hydrogen-bond acceptors (Lipinski definition) is 3. The minimum atomic E-state index is -0.436. The highest BCUT2D eigenvalue weighted by atomic mass is 32.1. The average molecular weight is 327 g/mol. The summed E-state index contributed by atoms with van der Waals surface area (Å²) in [6.07, 6.45) is 0. The van der Waals surface area contributed by atoms with Crippen molar-refractivity contribution in [2.45, 2.75) is 19.9 Å². The molecule has 1 aliphatic heterocycles. The summed E-state index contributed by atoms with van der Waals surface area (Å²) >= 11 is 1.51. The van der Waals surface area contributed by atoms with Crippen molar-refractivity contribution in [2.24, 2.45) is 0 Å². The normalized spacial score (nSPS) is 17.5. The molecule has 6 heteroatoms. The van der Waals surface area contributed by atoms with Gasteiger partial charge in [-0.25, -0.2) is 4.79 Å². The van der Waals surface area contributed by atoms with Crippen LogP contribution in [0, 0.1) is 6.92 Å². The van der Waals surface area contributed by atoms with E-state index in [2.05, 4.69) is 16.0 Å². The smallest absolute Gasteiger partial charge is 0.319 e. The van der Waals surface area contributed by atoms with Crippen LogP contribution in [0.5, 0.6) is 0 Å². The van der Waals surface area contributed by atoms with Gasteiger partial charge in [0.15, 0.2) is 0 Å². The molecule has 0 saturated heterocycles. The van der Waals surface area contributed by atoms with Crippen LogP contribution in [0.3, 0.4) is 0 Å². The molecule has 5 nitrogen and oxygen atoms in total. The maximum absolute atomic E-state index is 12.7. The Morgan fingerprint density at radius 3 is 2.57 bits per heavy atom. The van der Waals surface area contributed by atoms with Crippen molar-refractivity contribution in [3.05, 3.63) is 63.5 Å². The number of aryl methyl sites for hydroxylation is 1. The maximum atomic E-state index is 12.7. The Hall–Kier alpha value is -2.60. The largest absolute Gasteiger partial charge is 0.326 e. The van der Waals surface area contributed by atoms with Crippen molar-refractivity contribution in [1.82, 2.24) is 10.6 Å². The van der Waals surface area contributed by atoms with Crippen molar-refractivity contribution in [3.8, 4) is 0 Å². The lowest BCUT2D eigenvalue weighted by molar-refractivity contribution is -0.113. The van der Waals surface area contributed by atoms with Gasteiger partial charge in [0.25, 0.3) is 5.91 Å². The first-order chi connectivity index (χ1) is 11.0. The van der Waals surface area contributed by atoms with Crippen LogP contribution in [-0.4, -0.2) is 11.9 Å². The first-order valence-corrected chi connectivity index (χ1v) is 8.12. The monoisotopic (exact) mass is 327 g/mol. The standard InChI is InChI=1S/C17H17N3O2S/c1-10-5-7-12(8-6-10)19-16(21)14-11(2)18-17(22)20-15(14)13-4-3-9-23-13/h3-9,15H,1-2H3,(H,19,21)(H2,18,20,22). The lowest BCUT2D eigenvalue weighted by Gasteiger charge is -2.27. The van der Waals surface area contributed by atoms with E-state index < -0.39 is 6.04 Å². The molecule has 1 aromatic carbocycles. The first kappa shape index (κ1) is 15.3. The van der Waals surface area contributed by atoms with Crippen molar-refractivity contribution >= 4 is 29.0 Å². The zero-order valence-electron chi connectivity index (χ0n) is 12.8. The molecule has 118 valence electrons. The molecule has 1 atom stereocenters. The number of urea groups is 1. The summed E-state index contributed by atoms with van der Waals surface area (Å²) in [4.78, 5) is 25.4. The van der Waals surface area contributed by atoms with E-state index in [1.54, 1.807) is 6.92 Å². The van der Waals surface area contributed by atoms with E-state index in [4.69, 9.17) is 0 Å². The summed E-state index contributed by atoms with van der Waals surface area (Å²) < 4.78 is 0. The summed E-state index contributed by atoms with van der Waals surface area (Å²) in [5, 5.41) is 10.3. The predicted octanol–water partition coefficient (Wildman–Crippen LogP) is 3.32. The minimum absolute atomic E-state index is 0.225. The highest BCUT2D eigenvalue weighted by molar-refractivity contribution is 7.10. The van der Waals surface area contributed by atoms with E-state index in [0.29, 0.717) is 11.3 Å². The minimum Gasteiger partial charge on any atom is -0.326 e. The van der Waals surface area contributed by atoms with Crippen LogP contribution in [0.1, 0.15) is 23.4 Å². The summed E-state index contributed by atoms with van der Waals surface area (Å²) in [5.74, 6) is -0.225.